The molecular formula is C23H29F3N2O2. The Balaban J connectivity index is 1.54. The molecule has 0 aromatic heterocycles. The molecule has 0 spiro atoms. The minimum absolute atomic E-state index is 0.0159. The molecule has 1 aliphatic carbocycles. The van der Waals surface area contributed by atoms with Gasteiger partial charge in [-0.2, -0.15) is 13.2 Å². The standard InChI is InChI=1S/C23H29F3N2O2/c1-21(2)11-17-12-22(3,13-21)14-28(17)20(30)18-8-5-9-27(18)19(29)15-6-4-7-16(10-15)23(24,25)26/h4,6-7,10,17-18H,5,8-9,11-14H2,1-3H3. The molecule has 7 heteroatoms. The number of fused-ring (bicyclic) bond motifs is 2. The fourth-order valence-electron chi connectivity index (χ4n) is 6.17. The van der Waals surface area contributed by atoms with Crippen molar-refractivity contribution >= 4 is 11.8 Å². The number of benzene rings is 1. The third kappa shape index (κ3) is 3.83. The lowest BCUT2D eigenvalue weighted by molar-refractivity contribution is -0.138. The Morgan fingerprint density at radius 1 is 1.10 bits per heavy atom. The Bertz CT molecular complexity index is 866. The summed E-state index contributed by atoms with van der Waals surface area (Å²) in [6.07, 6.45) is -0.266. The first-order valence-electron chi connectivity index (χ1n) is 10.7. The van der Waals surface area contributed by atoms with Gasteiger partial charge >= 0.3 is 6.18 Å². The fraction of sp³-hybridized carbons (Fsp3) is 0.652. The molecule has 2 heterocycles. The lowest BCUT2D eigenvalue weighted by Gasteiger charge is -2.39. The largest absolute Gasteiger partial charge is 0.416 e. The van der Waals surface area contributed by atoms with Crippen molar-refractivity contribution in [1.82, 2.24) is 9.80 Å². The molecule has 1 aromatic carbocycles. The molecule has 0 N–H and O–H groups in total. The van der Waals surface area contributed by atoms with Crippen molar-refractivity contribution in [3.63, 3.8) is 0 Å². The lowest BCUT2D eigenvalue weighted by atomic mass is 9.65. The normalized spacial score (nSPS) is 30.6. The summed E-state index contributed by atoms with van der Waals surface area (Å²) in [4.78, 5) is 29.9. The van der Waals surface area contributed by atoms with Crippen LogP contribution in [0.3, 0.4) is 0 Å². The molecule has 1 aromatic rings. The molecule has 3 unspecified atom stereocenters. The third-order valence-electron chi connectivity index (χ3n) is 6.93. The average Bonchev–Trinajstić information content (AvgIpc) is 3.21. The van der Waals surface area contributed by atoms with Gasteiger partial charge in [0.05, 0.1) is 5.56 Å². The highest BCUT2D eigenvalue weighted by molar-refractivity contribution is 5.98. The van der Waals surface area contributed by atoms with Crippen LogP contribution in [-0.2, 0) is 11.0 Å². The predicted octanol–water partition coefficient (Wildman–Crippen LogP) is 4.74. The maximum absolute atomic E-state index is 13.5. The van der Waals surface area contributed by atoms with Gasteiger partial charge in [0.1, 0.15) is 6.04 Å². The summed E-state index contributed by atoms with van der Waals surface area (Å²) >= 11 is 0. The van der Waals surface area contributed by atoms with Crippen LogP contribution in [0.25, 0.3) is 0 Å². The molecule has 3 aliphatic rings. The summed E-state index contributed by atoms with van der Waals surface area (Å²) in [6, 6.07) is 4.07. The van der Waals surface area contributed by atoms with Gasteiger partial charge in [-0.3, -0.25) is 9.59 Å². The second kappa shape index (κ2) is 6.99. The zero-order valence-electron chi connectivity index (χ0n) is 17.8. The number of carbonyl (C=O) groups is 2. The lowest BCUT2D eigenvalue weighted by Crippen LogP contribution is -2.49. The van der Waals surface area contributed by atoms with Crippen molar-refractivity contribution in [2.75, 3.05) is 13.1 Å². The fourth-order valence-corrected chi connectivity index (χ4v) is 6.17. The number of carbonyl (C=O) groups excluding carboxylic acids is 2. The zero-order valence-corrected chi connectivity index (χ0v) is 17.8. The maximum Gasteiger partial charge on any atom is 0.416 e. The van der Waals surface area contributed by atoms with Gasteiger partial charge in [-0.05, 0) is 61.1 Å². The van der Waals surface area contributed by atoms with Crippen molar-refractivity contribution in [3.05, 3.63) is 35.4 Å². The minimum Gasteiger partial charge on any atom is -0.337 e. The van der Waals surface area contributed by atoms with Crippen LogP contribution in [0.2, 0.25) is 0 Å². The van der Waals surface area contributed by atoms with Crippen LogP contribution >= 0.6 is 0 Å². The van der Waals surface area contributed by atoms with Gasteiger partial charge in [0.15, 0.2) is 0 Å². The van der Waals surface area contributed by atoms with E-state index in [1.807, 2.05) is 4.90 Å². The highest BCUT2D eigenvalue weighted by Crippen LogP contribution is 2.52. The summed E-state index contributed by atoms with van der Waals surface area (Å²) in [5, 5.41) is 0. The van der Waals surface area contributed by atoms with E-state index in [9.17, 15) is 22.8 Å². The van der Waals surface area contributed by atoms with Gasteiger partial charge in [0.25, 0.3) is 5.91 Å². The SMILES string of the molecule is CC1(C)CC2CC(C)(CN2C(=O)C2CCCN2C(=O)c2cccc(C(F)(F)F)c2)C1. The topological polar surface area (TPSA) is 40.6 Å². The van der Waals surface area contributed by atoms with Crippen LogP contribution in [0.1, 0.15) is 68.8 Å². The summed E-state index contributed by atoms with van der Waals surface area (Å²) < 4.78 is 39.2. The van der Waals surface area contributed by atoms with Crippen LogP contribution in [-0.4, -0.2) is 46.8 Å². The second-order valence-corrected chi connectivity index (χ2v) is 10.4. The van der Waals surface area contributed by atoms with Crippen molar-refractivity contribution in [2.45, 2.75) is 71.1 Å². The molecule has 3 atom stereocenters. The Labute approximate surface area is 175 Å². The van der Waals surface area contributed by atoms with Crippen molar-refractivity contribution in [1.29, 1.82) is 0 Å². The number of hydrogen-bond donors (Lipinski definition) is 0. The first kappa shape index (κ1) is 21.2. The van der Waals surface area contributed by atoms with E-state index in [4.69, 9.17) is 0 Å². The molecule has 2 amide bonds. The number of likely N-dealkylation sites (tertiary alicyclic amines) is 2. The van der Waals surface area contributed by atoms with Crippen LogP contribution < -0.4 is 0 Å². The van der Waals surface area contributed by atoms with Gasteiger partial charge in [0, 0.05) is 24.7 Å². The highest BCUT2D eigenvalue weighted by Gasteiger charge is 2.52. The second-order valence-electron chi connectivity index (χ2n) is 10.4. The van der Waals surface area contributed by atoms with Gasteiger partial charge in [-0.15, -0.1) is 0 Å². The van der Waals surface area contributed by atoms with E-state index >= 15 is 0 Å². The number of amides is 2. The van der Waals surface area contributed by atoms with E-state index in [1.165, 1.54) is 17.0 Å². The Morgan fingerprint density at radius 2 is 1.83 bits per heavy atom. The summed E-state index contributed by atoms with van der Waals surface area (Å²) in [5.41, 5.74) is -0.594. The average molecular weight is 422 g/mol. The maximum atomic E-state index is 13.5. The van der Waals surface area contributed by atoms with Gasteiger partial charge in [0.2, 0.25) is 5.91 Å². The van der Waals surface area contributed by atoms with Crippen molar-refractivity contribution in [3.8, 4) is 0 Å². The smallest absolute Gasteiger partial charge is 0.337 e. The molecule has 2 bridgehead atoms. The summed E-state index contributed by atoms with van der Waals surface area (Å²) in [5.74, 6) is -0.537. The van der Waals surface area contributed by atoms with E-state index in [-0.39, 0.29) is 28.3 Å². The van der Waals surface area contributed by atoms with Gasteiger partial charge in [-0.25, -0.2) is 0 Å². The minimum atomic E-state index is -4.51. The first-order chi connectivity index (χ1) is 13.9. The number of nitrogens with zero attached hydrogens (tertiary/aromatic N) is 2. The Hall–Kier alpha value is -2.05. The van der Waals surface area contributed by atoms with E-state index in [2.05, 4.69) is 20.8 Å². The quantitative estimate of drug-likeness (QED) is 0.691. The number of rotatable bonds is 2. The zero-order chi connectivity index (χ0) is 21.9. The molecular weight excluding hydrogens is 393 g/mol. The van der Waals surface area contributed by atoms with Gasteiger partial charge < -0.3 is 9.80 Å². The number of halogens is 3. The molecule has 1 saturated carbocycles. The first-order valence-corrected chi connectivity index (χ1v) is 10.7. The third-order valence-corrected chi connectivity index (χ3v) is 6.93. The van der Waals surface area contributed by atoms with Crippen LogP contribution in [0.15, 0.2) is 24.3 Å². The molecule has 30 heavy (non-hydrogen) atoms. The Kier molecular flexibility index (Phi) is 4.94. The van der Waals surface area contributed by atoms with Crippen molar-refractivity contribution in [2.24, 2.45) is 10.8 Å². The summed E-state index contributed by atoms with van der Waals surface area (Å²) in [7, 11) is 0. The van der Waals surface area contributed by atoms with Crippen LogP contribution in [0.5, 0.6) is 0 Å². The molecule has 4 rings (SSSR count). The van der Waals surface area contributed by atoms with Crippen LogP contribution in [0, 0.1) is 10.8 Å². The van der Waals surface area contributed by atoms with E-state index in [0.717, 1.165) is 31.4 Å². The number of alkyl halides is 3. The van der Waals surface area contributed by atoms with Crippen LogP contribution in [0.4, 0.5) is 13.2 Å². The summed E-state index contributed by atoms with van der Waals surface area (Å²) in [6.45, 7) is 7.80. The van der Waals surface area contributed by atoms with E-state index < -0.39 is 23.7 Å². The molecule has 2 aliphatic heterocycles. The molecule has 4 nitrogen and oxygen atoms in total. The Morgan fingerprint density at radius 3 is 2.53 bits per heavy atom. The van der Waals surface area contributed by atoms with Crippen molar-refractivity contribution < 1.29 is 22.8 Å². The van der Waals surface area contributed by atoms with E-state index in [0.29, 0.717) is 25.9 Å². The predicted molar refractivity (Wildman–Crippen MR) is 107 cm³/mol. The van der Waals surface area contributed by atoms with E-state index in [1.54, 1.807) is 0 Å². The monoisotopic (exact) mass is 422 g/mol. The molecule has 164 valence electrons. The molecule has 0 radical (unpaired) electrons. The molecule has 3 fully saturated rings. The number of hydrogen-bond acceptors (Lipinski definition) is 2. The highest BCUT2D eigenvalue weighted by atomic mass is 19.4. The van der Waals surface area contributed by atoms with Gasteiger partial charge in [-0.1, -0.05) is 26.8 Å². The molecule has 2 saturated heterocycles.